The number of ether oxygens (including phenoxy) is 1. The molecule has 1 saturated heterocycles. The van der Waals surface area contributed by atoms with Gasteiger partial charge in [-0.1, -0.05) is 12.1 Å². The van der Waals surface area contributed by atoms with Crippen LogP contribution in [0, 0.1) is 5.82 Å². The highest BCUT2D eigenvalue weighted by atomic mass is 19.1. The van der Waals surface area contributed by atoms with Crippen LogP contribution in [0.2, 0.25) is 0 Å². The number of benzene rings is 1. The molecule has 2 nitrogen and oxygen atoms in total. The van der Waals surface area contributed by atoms with E-state index in [9.17, 15) is 9.18 Å². The predicted octanol–water partition coefficient (Wildman–Crippen LogP) is 2.29. The highest BCUT2D eigenvalue weighted by Gasteiger charge is 2.23. The van der Waals surface area contributed by atoms with E-state index in [2.05, 4.69) is 0 Å². The van der Waals surface area contributed by atoms with E-state index < -0.39 is 0 Å². The largest absolute Gasteiger partial charge is 0.371 e. The molecule has 0 radical (unpaired) electrons. The fourth-order valence-electron chi connectivity index (χ4n) is 1.99. The van der Waals surface area contributed by atoms with Crippen molar-refractivity contribution < 1.29 is 13.9 Å². The Morgan fingerprint density at radius 2 is 2.33 bits per heavy atom. The maximum absolute atomic E-state index is 13.0. The van der Waals surface area contributed by atoms with Crippen molar-refractivity contribution in [2.45, 2.75) is 24.9 Å². The normalized spacial score (nSPS) is 26.2. The van der Waals surface area contributed by atoms with Crippen molar-refractivity contribution in [3.8, 4) is 0 Å². The summed E-state index contributed by atoms with van der Waals surface area (Å²) in [6.45, 7) is 0.574. The second-order valence-corrected chi connectivity index (χ2v) is 3.82. The Kier molecular flexibility index (Phi) is 3.11. The predicted molar refractivity (Wildman–Crippen MR) is 54.2 cm³/mol. The molecular formula is C12H13FO2. The molecule has 15 heavy (non-hydrogen) atoms. The van der Waals surface area contributed by atoms with Crippen LogP contribution in [0.25, 0.3) is 0 Å². The molecule has 80 valence electrons. The van der Waals surface area contributed by atoms with Gasteiger partial charge in [0.25, 0.3) is 0 Å². The summed E-state index contributed by atoms with van der Waals surface area (Å²) < 4.78 is 18.2. The van der Waals surface area contributed by atoms with E-state index in [1.54, 1.807) is 6.07 Å². The van der Waals surface area contributed by atoms with E-state index in [0.29, 0.717) is 13.0 Å². The van der Waals surface area contributed by atoms with Gasteiger partial charge in [-0.3, -0.25) is 0 Å². The summed E-state index contributed by atoms with van der Waals surface area (Å²) in [5, 5.41) is 0. The average Bonchev–Trinajstić information content (AvgIpc) is 2.29. The van der Waals surface area contributed by atoms with Crippen LogP contribution in [0.5, 0.6) is 0 Å². The van der Waals surface area contributed by atoms with Crippen LogP contribution in [0.1, 0.15) is 24.3 Å². The number of hydrogen-bond acceptors (Lipinski definition) is 2. The van der Waals surface area contributed by atoms with Crippen molar-refractivity contribution in [1.29, 1.82) is 0 Å². The molecule has 0 aliphatic carbocycles. The van der Waals surface area contributed by atoms with Crippen LogP contribution in [0.15, 0.2) is 24.3 Å². The van der Waals surface area contributed by atoms with Gasteiger partial charge < -0.3 is 9.53 Å². The Morgan fingerprint density at radius 3 is 3.07 bits per heavy atom. The summed E-state index contributed by atoms with van der Waals surface area (Å²) in [6, 6.07) is 6.58. The van der Waals surface area contributed by atoms with E-state index in [1.165, 1.54) is 12.1 Å². The Hall–Kier alpha value is -1.22. The summed E-state index contributed by atoms with van der Waals surface area (Å²) in [5.41, 5.74) is 0.963. The number of halogens is 1. The molecular weight excluding hydrogens is 195 g/mol. The molecule has 1 aromatic carbocycles. The zero-order chi connectivity index (χ0) is 10.7. The van der Waals surface area contributed by atoms with Crippen LogP contribution in [0.3, 0.4) is 0 Å². The van der Waals surface area contributed by atoms with Gasteiger partial charge in [-0.2, -0.15) is 0 Å². The van der Waals surface area contributed by atoms with Crippen LogP contribution in [0.4, 0.5) is 4.39 Å². The molecule has 2 rings (SSSR count). The van der Waals surface area contributed by atoms with Crippen LogP contribution in [-0.4, -0.2) is 19.0 Å². The van der Waals surface area contributed by atoms with Crippen molar-refractivity contribution in [2.75, 3.05) is 6.61 Å². The molecule has 0 saturated carbocycles. The van der Waals surface area contributed by atoms with Crippen LogP contribution < -0.4 is 0 Å². The first-order valence-electron chi connectivity index (χ1n) is 5.12. The lowest BCUT2D eigenvalue weighted by Crippen LogP contribution is -2.25. The molecule has 1 heterocycles. The van der Waals surface area contributed by atoms with Gasteiger partial charge in [0, 0.05) is 6.61 Å². The third-order valence-electron chi connectivity index (χ3n) is 2.79. The molecule has 0 aromatic heterocycles. The molecule has 1 aromatic rings. The van der Waals surface area contributed by atoms with E-state index in [1.807, 2.05) is 6.07 Å². The summed E-state index contributed by atoms with van der Waals surface area (Å²) in [4.78, 5) is 10.6. The summed E-state index contributed by atoms with van der Waals surface area (Å²) in [7, 11) is 0. The molecule has 3 heteroatoms. The topological polar surface area (TPSA) is 26.3 Å². The maximum Gasteiger partial charge on any atom is 0.148 e. The SMILES string of the molecule is O=CC1CC(c2cccc(F)c2)CCO1. The first-order chi connectivity index (χ1) is 7.29. The van der Waals surface area contributed by atoms with Crippen LogP contribution >= 0.6 is 0 Å². The van der Waals surface area contributed by atoms with Gasteiger partial charge in [0.05, 0.1) is 0 Å². The zero-order valence-electron chi connectivity index (χ0n) is 8.36. The van der Waals surface area contributed by atoms with Crippen molar-refractivity contribution in [2.24, 2.45) is 0 Å². The monoisotopic (exact) mass is 208 g/mol. The van der Waals surface area contributed by atoms with E-state index >= 15 is 0 Å². The molecule has 1 aliphatic rings. The van der Waals surface area contributed by atoms with Gasteiger partial charge in [-0.15, -0.1) is 0 Å². The summed E-state index contributed by atoms with van der Waals surface area (Å²) in [5.74, 6) is 0.0197. The highest BCUT2D eigenvalue weighted by Crippen LogP contribution is 2.29. The summed E-state index contributed by atoms with van der Waals surface area (Å²) >= 11 is 0. The minimum absolute atomic E-state index is 0.221. The third-order valence-corrected chi connectivity index (χ3v) is 2.79. The third kappa shape index (κ3) is 2.42. The average molecular weight is 208 g/mol. The van der Waals surface area contributed by atoms with Gasteiger partial charge in [-0.05, 0) is 36.5 Å². The quantitative estimate of drug-likeness (QED) is 0.697. The molecule has 0 amide bonds. The Labute approximate surface area is 88.1 Å². The minimum atomic E-state index is -0.327. The second-order valence-electron chi connectivity index (χ2n) is 3.82. The molecule has 0 spiro atoms. The highest BCUT2D eigenvalue weighted by molar-refractivity contribution is 5.56. The summed E-state index contributed by atoms with van der Waals surface area (Å²) in [6.07, 6.45) is 2.01. The van der Waals surface area contributed by atoms with Crippen molar-refractivity contribution >= 4 is 6.29 Å². The lowest BCUT2D eigenvalue weighted by Gasteiger charge is -2.26. The van der Waals surface area contributed by atoms with E-state index in [-0.39, 0.29) is 17.8 Å². The van der Waals surface area contributed by atoms with E-state index in [4.69, 9.17) is 4.74 Å². The Bertz CT molecular complexity index is 351. The lowest BCUT2D eigenvalue weighted by molar-refractivity contribution is -0.121. The lowest BCUT2D eigenvalue weighted by atomic mass is 9.89. The van der Waals surface area contributed by atoms with Gasteiger partial charge in [0.1, 0.15) is 18.2 Å². The fraction of sp³-hybridized carbons (Fsp3) is 0.417. The van der Waals surface area contributed by atoms with Gasteiger partial charge >= 0.3 is 0 Å². The number of aldehydes is 1. The van der Waals surface area contributed by atoms with Crippen molar-refractivity contribution in [3.05, 3.63) is 35.6 Å². The number of hydrogen-bond donors (Lipinski definition) is 0. The Morgan fingerprint density at radius 1 is 1.47 bits per heavy atom. The van der Waals surface area contributed by atoms with Gasteiger partial charge in [0.2, 0.25) is 0 Å². The molecule has 0 N–H and O–H groups in total. The second kappa shape index (κ2) is 4.53. The molecule has 1 fully saturated rings. The van der Waals surface area contributed by atoms with Crippen molar-refractivity contribution in [3.63, 3.8) is 0 Å². The molecule has 1 aliphatic heterocycles. The molecule has 2 unspecified atom stereocenters. The number of carbonyl (C=O) groups excluding carboxylic acids is 1. The van der Waals surface area contributed by atoms with Crippen LogP contribution in [-0.2, 0) is 9.53 Å². The van der Waals surface area contributed by atoms with E-state index in [0.717, 1.165) is 18.3 Å². The Balaban J connectivity index is 2.13. The first kappa shape index (κ1) is 10.3. The smallest absolute Gasteiger partial charge is 0.148 e. The first-order valence-corrected chi connectivity index (χ1v) is 5.12. The standard InChI is InChI=1S/C12H13FO2/c13-11-3-1-2-9(6-11)10-4-5-15-12(7-10)8-14/h1-3,6,8,10,12H,4-5,7H2. The zero-order valence-corrected chi connectivity index (χ0v) is 8.36. The molecule has 0 bridgehead atoms. The van der Waals surface area contributed by atoms with Gasteiger partial charge in [0.15, 0.2) is 0 Å². The number of rotatable bonds is 2. The number of carbonyl (C=O) groups is 1. The molecule has 2 atom stereocenters. The van der Waals surface area contributed by atoms with Gasteiger partial charge in [-0.25, -0.2) is 4.39 Å². The fourth-order valence-corrected chi connectivity index (χ4v) is 1.99. The maximum atomic E-state index is 13.0. The van der Waals surface area contributed by atoms with Crippen molar-refractivity contribution in [1.82, 2.24) is 0 Å². The minimum Gasteiger partial charge on any atom is -0.371 e.